The Morgan fingerprint density at radius 3 is 2.67 bits per heavy atom. The molecule has 2 nitrogen and oxygen atoms in total. The maximum atomic E-state index is 9.27. The number of rotatable bonds is 2. The summed E-state index contributed by atoms with van der Waals surface area (Å²) in [5.41, 5.74) is 0. The monoisotopic (exact) mass is 284 g/mol. The molecule has 0 spiro atoms. The van der Waals surface area contributed by atoms with Crippen molar-refractivity contribution in [3.05, 3.63) is 20.8 Å². The van der Waals surface area contributed by atoms with Gasteiger partial charge in [-0.1, -0.05) is 6.42 Å². The van der Waals surface area contributed by atoms with Crippen LogP contribution in [0.2, 0.25) is 0 Å². The average molecular weight is 285 g/mol. The maximum absolute atomic E-state index is 9.27. The second kappa shape index (κ2) is 5.11. The zero-order valence-corrected chi connectivity index (χ0v) is 10.9. The molecule has 0 aliphatic carbocycles. The second-order valence-corrected chi connectivity index (χ2v) is 5.56. The number of likely N-dealkylation sites (tertiary alicyclic amines) is 1. The van der Waals surface area contributed by atoms with E-state index in [1.54, 1.807) is 11.3 Å². The van der Waals surface area contributed by atoms with Gasteiger partial charge in [0.25, 0.3) is 0 Å². The molecule has 1 aliphatic rings. The fraction of sp³-hybridized carbons (Fsp3) is 0.545. The standard InChI is InChI=1S/C11H13BrN2S/c12-9-4-7-15-11(9)10(8-13)14-5-2-1-3-6-14/h4,7,10H,1-3,5-6H2. The Morgan fingerprint density at radius 1 is 1.40 bits per heavy atom. The number of thiophene rings is 1. The van der Waals surface area contributed by atoms with Crippen LogP contribution in [0.4, 0.5) is 0 Å². The molecule has 80 valence electrons. The molecule has 0 aromatic carbocycles. The third-order valence-corrected chi connectivity index (χ3v) is 4.69. The first-order valence-electron chi connectivity index (χ1n) is 5.19. The molecule has 0 N–H and O–H groups in total. The highest BCUT2D eigenvalue weighted by Crippen LogP contribution is 2.33. The zero-order valence-electron chi connectivity index (χ0n) is 8.45. The molecule has 0 bridgehead atoms. The lowest BCUT2D eigenvalue weighted by atomic mass is 10.1. The van der Waals surface area contributed by atoms with Crippen LogP contribution in [0.5, 0.6) is 0 Å². The van der Waals surface area contributed by atoms with Crippen molar-refractivity contribution in [1.82, 2.24) is 4.90 Å². The minimum atomic E-state index is -0.0559. The van der Waals surface area contributed by atoms with Gasteiger partial charge in [-0.25, -0.2) is 0 Å². The smallest absolute Gasteiger partial charge is 0.134 e. The molecule has 1 atom stereocenters. The van der Waals surface area contributed by atoms with Crippen LogP contribution in [0.15, 0.2) is 15.9 Å². The summed E-state index contributed by atoms with van der Waals surface area (Å²) in [5.74, 6) is 0. The molecule has 1 aromatic heterocycles. The molecule has 0 amide bonds. The van der Waals surface area contributed by atoms with Crippen molar-refractivity contribution in [1.29, 1.82) is 5.26 Å². The average Bonchev–Trinajstić information content (AvgIpc) is 2.68. The van der Waals surface area contributed by atoms with Gasteiger partial charge < -0.3 is 0 Å². The van der Waals surface area contributed by atoms with E-state index in [9.17, 15) is 5.26 Å². The van der Waals surface area contributed by atoms with Crippen LogP contribution in [0.1, 0.15) is 30.2 Å². The van der Waals surface area contributed by atoms with Gasteiger partial charge in [0.2, 0.25) is 0 Å². The first-order valence-corrected chi connectivity index (χ1v) is 6.87. The predicted molar refractivity (Wildman–Crippen MR) is 65.8 cm³/mol. The third kappa shape index (κ3) is 2.41. The van der Waals surface area contributed by atoms with E-state index in [0.29, 0.717) is 0 Å². The molecule has 2 heterocycles. The molecule has 1 saturated heterocycles. The highest BCUT2D eigenvalue weighted by atomic mass is 79.9. The SMILES string of the molecule is N#CC(c1sccc1Br)N1CCCCC1. The third-order valence-electron chi connectivity index (χ3n) is 2.77. The maximum Gasteiger partial charge on any atom is 0.134 e. The molecule has 1 fully saturated rings. The van der Waals surface area contributed by atoms with Crippen LogP contribution in [0.3, 0.4) is 0 Å². The summed E-state index contributed by atoms with van der Waals surface area (Å²) in [6, 6.07) is 4.39. The van der Waals surface area contributed by atoms with E-state index in [-0.39, 0.29) is 6.04 Å². The Hall–Kier alpha value is -0.370. The van der Waals surface area contributed by atoms with Crippen molar-refractivity contribution in [3.8, 4) is 6.07 Å². The summed E-state index contributed by atoms with van der Waals surface area (Å²) >= 11 is 5.17. The van der Waals surface area contributed by atoms with Crippen molar-refractivity contribution in [2.24, 2.45) is 0 Å². The molecule has 1 aliphatic heterocycles. The Bertz CT molecular complexity index is 363. The lowest BCUT2D eigenvalue weighted by Crippen LogP contribution is -2.32. The Balaban J connectivity index is 2.17. The van der Waals surface area contributed by atoms with Crippen molar-refractivity contribution < 1.29 is 0 Å². The van der Waals surface area contributed by atoms with Gasteiger partial charge in [0.05, 0.1) is 10.9 Å². The first-order chi connectivity index (χ1) is 7.33. The van der Waals surface area contributed by atoms with Gasteiger partial charge in [-0.15, -0.1) is 11.3 Å². The van der Waals surface area contributed by atoms with Gasteiger partial charge in [0.15, 0.2) is 0 Å². The summed E-state index contributed by atoms with van der Waals surface area (Å²) in [6.45, 7) is 2.12. The normalized spacial score (nSPS) is 19.7. The van der Waals surface area contributed by atoms with Crippen molar-refractivity contribution >= 4 is 27.3 Å². The lowest BCUT2D eigenvalue weighted by molar-refractivity contribution is 0.198. The number of hydrogen-bond acceptors (Lipinski definition) is 3. The van der Waals surface area contributed by atoms with E-state index < -0.39 is 0 Å². The largest absolute Gasteiger partial charge is 0.284 e. The summed E-state index contributed by atoms with van der Waals surface area (Å²) in [5, 5.41) is 11.3. The molecule has 15 heavy (non-hydrogen) atoms. The quantitative estimate of drug-likeness (QED) is 0.830. The number of hydrogen-bond donors (Lipinski definition) is 0. The van der Waals surface area contributed by atoms with Crippen molar-refractivity contribution in [3.63, 3.8) is 0 Å². The summed E-state index contributed by atoms with van der Waals surface area (Å²) in [4.78, 5) is 3.44. The van der Waals surface area contributed by atoms with Crippen LogP contribution < -0.4 is 0 Å². The van der Waals surface area contributed by atoms with Crippen molar-refractivity contribution in [2.75, 3.05) is 13.1 Å². The molecule has 2 rings (SSSR count). The molecule has 1 aromatic rings. The van der Waals surface area contributed by atoms with E-state index in [0.717, 1.165) is 22.4 Å². The Kier molecular flexibility index (Phi) is 3.79. The number of nitrogens with zero attached hydrogens (tertiary/aromatic N) is 2. The van der Waals surface area contributed by atoms with E-state index >= 15 is 0 Å². The van der Waals surface area contributed by atoms with E-state index in [1.165, 1.54) is 19.3 Å². The molecular weight excluding hydrogens is 272 g/mol. The summed E-state index contributed by atoms with van der Waals surface area (Å²) in [7, 11) is 0. The highest BCUT2D eigenvalue weighted by molar-refractivity contribution is 9.10. The van der Waals surface area contributed by atoms with Gasteiger partial charge in [-0.05, 0) is 53.3 Å². The molecule has 0 radical (unpaired) electrons. The van der Waals surface area contributed by atoms with Crippen LogP contribution in [0, 0.1) is 11.3 Å². The topological polar surface area (TPSA) is 27.0 Å². The molecular formula is C11H13BrN2S. The zero-order chi connectivity index (χ0) is 10.7. The lowest BCUT2D eigenvalue weighted by Gasteiger charge is -2.30. The van der Waals surface area contributed by atoms with E-state index in [1.807, 2.05) is 11.4 Å². The van der Waals surface area contributed by atoms with Gasteiger partial charge in [-0.3, -0.25) is 4.90 Å². The second-order valence-electron chi connectivity index (χ2n) is 3.76. The number of piperidine rings is 1. The number of halogens is 1. The van der Waals surface area contributed by atoms with Gasteiger partial charge in [0, 0.05) is 4.47 Å². The van der Waals surface area contributed by atoms with Crippen LogP contribution in [-0.4, -0.2) is 18.0 Å². The highest BCUT2D eigenvalue weighted by Gasteiger charge is 2.24. The van der Waals surface area contributed by atoms with Crippen LogP contribution in [0.25, 0.3) is 0 Å². The van der Waals surface area contributed by atoms with Crippen LogP contribution in [-0.2, 0) is 0 Å². The summed E-state index contributed by atoms with van der Waals surface area (Å²) in [6.07, 6.45) is 3.75. The van der Waals surface area contributed by atoms with Gasteiger partial charge in [0.1, 0.15) is 6.04 Å². The molecule has 4 heteroatoms. The first kappa shape index (κ1) is 11.1. The summed E-state index contributed by atoms with van der Waals surface area (Å²) < 4.78 is 1.07. The Labute approximate surface area is 103 Å². The Morgan fingerprint density at radius 2 is 2.13 bits per heavy atom. The predicted octanol–water partition coefficient (Wildman–Crippen LogP) is 3.56. The minimum Gasteiger partial charge on any atom is -0.284 e. The fourth-order valence-corrected chi connectivity index (χ4v) is 3.65. The number of nitriles is 1. The van der Waals surface area contributed by atoms with Crippen LogP contribution >= 0.6 is 27.3 Å². The fourth-order valence-electron chi connectivity index (χ4n) is 1.98. The van der Waals surface area contributed by atoms with E-state index in [2.05, 4.69) is 26.9 Å². The minimum absolute atomic E-state index is 0.0559. The van der Waals surface area contributed by atoms with E-state index in [4.69, 9.17) is 0 Å². The molecule has 1 unspecified atom stereocenters. The van der Waals surface area contributed by atoms with Gasteiger partial charge >= 0.3 is 0 Å². The van der Waals surface area contributed by atoms with Gasteiger partial charge in [-0.2, -0.15) is 5.26 Å². The van der Waals surface area contributed by atoms with Crippen molar-refractivity contribution in [2.45, 2.75) is 25.3 Å². The molecule has 0 saturated carbocycles.